The predicted molar refractivity (Wildman–Crippen MR) is 68.0 cm³/mol. The Labute approximate surface area is 119 Å². The number of hydrogen-bond donors (Lipinski definition) is 1. The quantitative estimate of drug-likeness (QED) is 0.860. The molecule has 2 rings (SSSR count). The van der Waals surface area contributed by atoms with Gasteiger partial charge in [-0.05, 0) is 13.8 Å². The number of alkyl halides is 3. The summed E-state index contributed by atoms with van der Waals surface area (Å²) in [6.45, 7) is 4.15. The molecule has 1 aromatic rings. The summed E-state index contributed by atoms with van der Waals surface area (Å²) in [4.78, 5) is 21.3. The Morgan fingerprint density at radius 2 is 1.90 bits per heavy atom. The second kappa shape index (κ2) is 5.38. The first-order valence-electron chi connectivity index (χ1n) is 6.35. The van der Waals surface area contributed by atoms with Crippen LogP contribution in [-0.4, -0.2) is 51.2 Å². The molecule has 0 unspecified atom stereocenters. The van der Waals surface area contributed by atoms with Gasteiger partial charge in [-0.15, -0.1) is 0 Å². The van der Waals surface area contributed by atoms with Gasteiger partial charge in [0.2, 0.25) is 0 Å². The third kappa shape index (κ3) is 3.17. The Morgan fingerprint density at radius 1 is 1.24 bits per heavy atom. The molecule has 1 N–H and O–H groups in total. The molecular weight excluding hydrogens is 289 g/mol. The SMILES string of the molecule is C[C@@H]1CN(c2cnc(C(F)(F)F)cn2)[C@H](C)CN1C(=O)O. The zero-order chi connectivity index (χ0) is 15.8. The molecule has 116 valence electrons. The van der Waals surface area contributed by atoms with Crippen LogP contribution in [0.2, 0.25) is 0 Å². The van der Waals surface area contributed by atoms with Gasteiger partial charge in [0, 0.05) is 25.2 Å². The molecule has 2 atom stereocenters. The summed E-state index contributed by atoms with van der Waals surface area (Å²) in [7, 11) is 0. The molecule has 0 saturated carbocycles. The second-order valence-electron chi connectivity index (χ2n) is 5.04. The van der Waals surface area contributed by atoms with Crippen molar-refractivity contribution in [3.63, 3.8) is 0 Å². The summed E-state index contributed by atoms with van der Waals surface area (Å²) in [5.74, 6) is 0.312. The molecular formula is C12H15F3N4O2. The van der Waals surface area contributed by atoms with Gasteiger partial charge in [-0.1, -0.05) is 0 Å². The monoisotopic (exact) mass is 304 g/mol. The first-order chi connectivity index (χ1) is 9.70. The molecule has 0 aromatic carbocycles. The number of halogens is 3. The average molecular weight is 304 g/mol. The minimum absolute atomic E-state index is 0.191. The minimum atomic E-state index is -4.52. The van der Waals surface area contributed by atoms with Gasteiger partial charge in [0.25, 0.3) is 0 Å². The highest BCUT2D eigenvalue weighted by Gasteiger charge is 2.35. The van der Waals surface area contributed by atoms with Crippen LogP contribution in [0.1, 0.15) is 19.5 Å². The van der Waals surface area contributed by atoms with Gasteiger partial charge in [-0.3, -0.25) is 0 Å². The molecule has 6 nitrogen and oxygen atoms in total. The van der Waals surface area contributed by atoms with E-state index in [1.54, 1.807) is 18.7 Å². The molecule has 1 amide bonds. The van der Waals surface area contributed by atoms with Crippen LogP contribution in [-0.2, 0) is 6.18 Å². The molecule has 2 heterocycles. The summed E-state index contributed by atoms with van der Waals surface area (Å²) in [6, 6.07) is -0.467. The van der Waals surface area contributed by atoms with Crippen molar-refractivity contribution in [2.45, 2.75) is 32.1 Å². The number of hydrogen-bond acceptors (Lipinski definition) is 4. The molecule has 1 fully saturated rings. The number of anilines is 1. The minimum Gasteiger partial charge on any atom is -0.465 e. The standard InChI is InChI=1S/C12H15F3N4O2/c1-7-6-19(11(20)21)8(2)5-18(7)10-4-16-9(3-17-10)12(13,14)15/h3-4,7-8H,5-6H2,1-2H3,(H,20,21)/t7-,8-/m1/s1. The van der Waals surface area contributed by atoms with Gasteiger partial charge < -0.3 is 14.9 Å². The fourth-order valence-electron chi connectivity index (χ4n) is 2.33. The topological polar surface area (TPSA) is 69.6 Å². The fourth-order valence-corrected chi connectivity index (χ4v) is 2.33. The van der Waals surface area contributed by atoms with E-state index >= 15 is 0 Å². The number of amides is 1. The van der Waals surface area contributed by atoms with Crippen LogP contribution in [0, 0.1) is 0 Å². The molecule has 1 aliphatic heterocycles. The lowest BCUT2D eigenvalue weighted by Crippen LogP contribution is -2.58. The van der Waals surface area contributed by atoms with E-state index in [9.17, 15) is 18.0 Å². The number of carboxylic acid groups (broad SMARTS) is 1. The van der Waals surface area contributed by atoms with Crippen LogP contribution < -0.4 is 4.90 Å². The number of piperazine rings is 1. The number of nitrogens with zero attached hydrogens (tertiary/aromatic N) is 4. The lowest BCUT2D eigenvalue weighted by atomic mass is 10.1. The Morgan fingerprint density at radius 3 is 2.38 bits per heavy atom. The van der Waals surface area contributed by atoms with Crippen molar-refractivity contribution in [2.24, 2.45) is 0 Å². The van der Waals surface area contributed by atoms with Gasteiger partial charge in [0.15, 0.2) is 5.69 Å². The van der Waals surface area contributed by atoms with E-state index in [-0.39, 0.29) is 18.6 Å². The van der Waals surface area contributed by atoms with Crippen molar-refractivity contribution >= 4 is 11.9 Å². The van der Waals surface area contributed by atoms with E-state index in [1.807, 2.05) is 0 Å². The second-order valence-corrected chi connectivity index (χ2v) is 5.04. The van der Waals surface area contributed by atoms with Gasteiger partial charge in [0.05, 0.1) is 12.4 Å². The highest BCUT2D eigenvalue weighted by Crippen LogP contribution is 2.28. The van der Waals surface area contributed by atoms with Crippen LogP contribution in [0.5, 0.6) is 0 Å². The fraction of sp³-hybridized carbons (Fsp3) is 0.583. The lowest BCUT2D eigenvalue weighted by molar-refractivity contribution is -0.141. The summed E-state index contributed by atoms with van der Waals surface area (Å²) in [5, 5.41) is 9.06. The van der Waals surface area contributed by atoms with E-state index in [1.165, 1.54) is 4.90 Å². The Hall–Kier alpha value is -2.06. The first kappa shape index (κ1) is 15.3. The van der Waals surface area contributed by atoms with Crippen LogP contribution >= 0.6 is 0 Å². The van der Waals surface area contributed by atoms with Crippen molar-refractivity contribution in [2.75, 3.05) is 18.0 Å². The largest absolute Gasteiger partial charge is 0.465 e. The summed E-state index contributed by atoms with van der Waals surface area (Å²) < 4.78 is 37.4. The maximum atomic E-state index is 12.5. The summed E-state index contributed by atoms with van der Waals surface area (Å²) >= 11 is 0. The first-order valence-corrected chi connectivity index (χ1v) is 6.35. The number of carbonyl (C=O) groups is 1. The van der Waals surface area contributed by atoms with Crippen molar-refractivity contribution < 1.29 is 23.1 Å². The molecule has 21 heavy (non-hydrogen) atoms. The van der Waals surface area contributed by atoms with Gasteiger partial charge in [-0.2, -0.15) is 13.2 Å². The molecule has 0 aliphatic carbocycles. The maximum Gasteiger partial charge on any atom is 0.434 e. The molecule has 9 heteroatoms. The normalized spacial score (nSPS) is 23.3. The van der Waals surface area contributed by atoms with Crippen molar-refractivity contribution in [3.8, 4) is 0 Å². The molecule has 1 aliphatic rings. The van der Waals surface area contributed by atoms with Crippen molar-refractivity contribution in [3.05, 3.63) is 18.1 Å². The third-order valence-corrected chi connectivity index (χ3v) is 3.45. The van der Waals surface area contributed by atoms with Crippen LogP contribution in [0.4, 0.5) is 23.8 Å². The van der Waals surface area contributed by atoms with E-state index in [0.29, 0.717) is 18.6 Å². The zero-order valence-corrected chi connectivity index (χ0v) is 11.5. The van der Waals surface area contributed by atoms with E-state index < -0.39 is 18.0 Å². The zero-order valence-electron chi connectivity index (χ0n) is 11.5. The molecule has 1 aromatic heterocycles. The molecule has 0 radical (unpaired) electrons. The summed E-state index contributed by atoms with van der Waals surface area (Å²) in [5.41, 5.74) is -1.05. The summed E-state index contributed by atoms with van der Waals surface area (Å²) in [6.07, 6.45) is -3.77. The van der Waals surface area contributed by atoms with Crippen molar-refractivity contribution in [1.82, 2.24) is 14.9 Å². The van der Waals surface area contributed by atoms with Crippen LogP contribution in [0.15, 0.2) is 12.4 Å². The van der Waals surface area contributed by atoms with E-state index in [4.69, 9.17) is 5.11 Å². The lowest BCUT2D eigenvalue weighted by Gasteiger charge is -2.43. The average Bonchev–Trinajstić information content (AvgIpc) is 2.40. The smallest absolute Gasteiger partial charge is 0.434 e. The highest BCUT2D eigenvalue weighted by molar-refractivity contribution is 5.66. The maximum absolute atomic E-state index is 12.5. The van der Waals surface area contributed by atoms with Gasteiger partial charge in [0.1, 0.15) is 5.82 Å². The van der Waals surface area contributed by atoms with Gasteiger partial charge in [-0.25, -0.2) is 14.8 Å². The van der Waals surface area contributed by atoms with Crippen LogP contribution in [0.3, 0.4) is 0 Å². The predicted octanol–water partition coefficient (Wildman–Crippen LogP) is 2.07. The van der Waals surface area contributed by atoms with E-state index in [2.05, 4.69) is 9.97 Å². The molecule has 1 saturated heterocycles. The van der Waals surface area contributed by atoms with Crippen LogP contribution in [0.25, 0.3) is 0 Å². The Bertz CT molecular complexity index is 520. The molecule has 0 bridgehead atoms. The highest BCUT2D eigenvalue weighted by atomic mass is 19.4. The number of rotatable bonds is 1. The Balaban J connectivity index is 2.17. The van der Waals surface area contributed by atoms with E-state index in [0.717, 1.165) is 6.20 Å². The van der Waals surface area contributed by atoms with Gasteiger partial charge >= 0.3 is 12.3 Å². The Kier molecular flexibility index (Phi) is 3.93. The third-order valence-electron chi connectivity index (χ3n) is 3.45. The molecule has 0 spiro atoms. The van der Waals surface area contributed by atoms with Crippen molar-refractivity contribution in [1.29, 1.82) is 0 Å². The number of aromatic nitrogens is 2.